The third-order valence-corrected chi connectivity index (χ3v) is 7.91. The average molecular weight is 536 g/mol. The van der Waals surface area contributed by atoms with E-state index in [0.29, 0.717) is 0 Å². The quantitative estimate of drug-likeness (QED) is 0.259. The summed E-state index contributed by atoms with van der Waals surface area (Å²) in [4.78, 5) is 19.7. The van der Waals surface area contributed by atoms with Crippen LogP contribution in [0.2, 0.25) is 10.0 Å². The summed E-state index contributed by atoms with van der Waals surface area (Å²) in [7, 11) is 0. The van der Waals surface area contributed by atoms with Gasteiger partial charge in [0.1, 0.15) is 22.6 Å². The molecule has 0 bridgehead atoms. The lowest BCUT2D eigenvalue weighted by Gasteiger charge is -2.09. The van der Waals surface area contributed by atoms with Crippen LogP contribution in [0.5, 0.6) is 0 Å². The van der Waals surface area contributed by atoms with Gasteiger partial charge in [-0.3, -0.25) is 9.98 Å². The standard InChI is InChI=1S/C29H32Cl2N6/c30-20-10-12-22-24(18-20)34-26-8-6-16-36(26)28(22)32-14-4-2-1-3-5-15-33-29-23-13-11-21(31)19-25(23)35-27-9-7-17-37(27)29/h10-13,18-19H,1-9,14-17H2. The summed E-state index contributed by atoms with van der Waals surface area (Å²) in [5.41, 5.74) is 4.06. The largest absolute Gasteiger partial charge is 0.314 e. The maximum atomic E-state index is 6.22. The van der Waals surface area contributed by atoms with E-state index in [1.54, 1.807) is 0 Å². The van der Waals surface area contributed by atoms with Crippen LogP contribution < -0.4 is 11.0 Å². The number of halogens is 2. The molecule has 0 amide bonds. The van der Waals surface area contributed by atoms with Crippen molar-refractivity contribution in [3.05, 3.63) is 69.1 Å². The zero-order valence-corrected chi connectivity index (χ0v) is 22.6. The summed E-state index contributed by atoms with van der Waals surface area (Å²) in [6.45, 7) is 3.70. The van der Waals surface area contributed by atoms with Crippen LogP contribution in [0.1, 0.15) is 56.6 Å². The van der Waals surface area contributed by atoms with E-state index >= 15 is 0 Å². The van der Waals surface area contributed by atoms with Crippen LogP contribution in [0.4, 0.5) is 0 Å². The summed E-state index contributed by atoms with van der Waals surface area (Å²) >= 11 is 12.4. The van der Waals surface area contributed by atoms with Crippen LogP contribution in [0.25, 0.3) is 21.8 Å². The van der Waals surface area contributed by atoms with E-state index in [9.17, 15) is 0 Å². The van der Waals surface area contributed by atoms with Gasteiger partial charge in [0.25, 0.3) is 0 Å². The Bertz CT molecular complexity index is 1480. The monoisotopic (exact) mass is 534 g/mol. The second-order valence-electron chi connectivity index (χ2n) is 10.1. The number of aromatic nitrogens is 4. The molecule has 8 heteroatoms. The molecule has 0 fully saturated rings. The number of hydrogen-bond acceptors (Lipinski definition) is 4. The second kappa shape index (κ2) is 11.0. The fourth-order valence-corrected chi connectivity index (χ4v) is 5.95. The second-order valence-corrected chi connectivity index (χ2v) is 10.9. The molecule has 0 N–H and O–H groups in total. The van der Waals surface area contributed by atoms with E-state index < -0.39 is 0 Å². The molecule has 0 saturated carbocycles. The van der Waals surface area contributed by atoms with Gasteiger partial charge in [-0.15, -0.1) is 0 Å². The summed E-state index contributed by atoms with van der Waals surface area (Å²) < 4.78 is 4.59. The Kier molecular flexibility index (Phi) is 7.30. The third-order valence-electron chi connectivity index (χ3n) is 7.44. The highest BCUT2D eigenvalue weighted by atomic mass is 35.5. The fraction of sp³-hybridized carbons (Fsp3) is 0.448. The highest BCUT2D eigenvalue weighted by Crippen LogP contribution is 2.20. The van der Waals surface area contributed by atoms with Crippen LogP contribution in [0.3, 0.4) is 0 Å². The van der Waals surface area contributed by atoms with E-state index in [-0.39, 0.29) is 0 Å². The van der Waals surface area contributed by atoms with Gasteiger partial charge in [-0.1, -0.05) is 42.5 Å². The Balaban J connectivity index is 1.05. The summed E-state index contributed by atoms with van der Waals surface area (Å²) in [6, 6.07) is 11.9. The molecule has 6 nitrogen and oxygen atoms in total. The van der Waals surface area contributed by atoms with Crippen molar-refractivity contribution >= 4 is 45.0 Å². The SMILES string of the molecule is Clc1ccc2c(=NCCCCCCCN=c3c4ccc(Cl)cc4nc4n3CCC4)n3c(nc2c1)CCC3. The zero-order chi connectivity index (χ0) is 25.2. The van der Waals surface area contributed by atoms with Gasteiger partial charge in [-0.25, -0.2) is 9.97 Å². The van der Waals surface area contributed by atoms with Crippen LogP contribution in [-0.2, 0) is 25.9 Å². The van der Waals surface area contributed by atoms with Crippen molar-refractivity contribution in [3.63, 3.8) is 0 Å². The Morgan fingerprint density at radius 2 is 1.11 bits per heavy atom. The lowest BCUT2D eigenvalue weighted by molar-refractivity contribution is 0.609. The maximum Gasteiger partial charge on any atom is 0.138 e. The molecule has 192 valence electrons. The van der Waals surface area contributed by atoms with Gasteiger partial charge in [-0.05, 0) is 62.1 Å². The lowest BCUT2D eigenvalue weighted by atomic mass is 10.1. The highest BCUT2D eigenvalue weighted by molar-refractivity contribution is 6.31. The Morgan fingerprint density at radius 1 is 0.649 bits per heavy atom. The molecule has 37 heavy (non-hydrogen) atoms. The number of nitrogens with zero attached hydrogens (tertiary/aromatic N) is 6. The molecular formula is C29H32Cl2N6. The Morgan fingerprint density at radius 3 is 1.59 bits per heavy atom. The van der Waals surface area contributed by atoms with E-state index in [1.807, 2.05) is 24.3 Å². The third kappa shape index (κ3) is 5.19. The molecule has 0 aliphatic carbocycles. The first-order valence-electron chi connectivity index (χ1n) is 13.6. The average Bonchev–Trinajstić information content (AvgIpc) is 3.55. The van der Waals surface area contributed by atoms with E-state index in [1.165, 1.54) is 19.3 Å². The molecule has 0 unspecified atom stereocenters. The maximum absolute atomic E-state index is 6.22. The van der Waals surface area contributed by atoms with Gasteiger partial charge in [0.2, 0.25) is 0 Å². The molecule has 4 aromatic rings. The predicted octanol–water partition coefficient (Wildman–Crippen LogP) is 6.04. The Labute approximate surface area is 226 Å². The minimum atomic E-state index is 0.727. The molecule has 0 spiro atoms. The number of fused-ring (bicyclic) bond motifs is 4. The molecule has 2 aromatic heterocycles. The highest BCUT2D eigenvalue weighted by Gasteiger charge is 2.16. The van der Waals surface area contributed by atoms with Crippen molar-refractivity contribution in [2.75, 3.05) is 13.1 Å². The molecule has 2 aliphatic heterocycles. The number of rotatable bonds is 8. The van der Waals surface area contributed by atoms with Crippen LogP contribution in [-0.4, -0.2) is 32.2 Å². The van der Waals surface area contributed by atoms with Gasteiger partial charge < -0.3 is 9.13 Å². The molecule has 0 atom stereocenters. The molecule has 2 aliphatic rings. The van der Waals surface area contributed by atoms with Crippen molar-refractivity contribution in [1.82, 2.24) is 19.1 Å². The molecule has 0 saturated heterocycles. The van der Waals surface area contributed by atoms with E-state index in [4.69, 9.17) is 43.2 Å². The summed E-state index contributed by atoms with van der Waals surface area (Å²) in [6.07, 6.45) is 10.1. The molecular weight excluding hydrogens is 503 g/mol. The van der Waals surface area contributed by atoms with Crippen molar-refractivity contribution < 1.29 is 0 Å². The zero-order valence-electron chi connectivity index (χ0n) is 21.1. The topological polar surface area (TPSA) is 60.4 Å². The van der Waals surface area contributed by atoms with Gasteiger partial charge in [0, 0.05) is 59.8 Å². The minimum absolute atomic E-state index is 0.727. The van der Waals surface area contributed by atoms with E-state index in [0.717, 1.165) is 119 Å². The number of unbranched alkanes of at least 4 members (excludes halogenated alkanes) is 4. The first-order chi connectivity index (χ1) is 18.2. The summed E-state index contributed by atoms with van der Waals surface area (Å²) in [5.74, 6) is 2.26. The van der Waals surface area contributed by atoms with Crippen molar-refractivity contribution in [2.24, 2.45) is 9.98 Å². The Hall–Kier alpha value is -2.70. The van der Waals surface area contributed by atoms with Gasteiger partial charge in [-0.2, -0.15) is 0 Å². The van der Waals surface area contributed by atoms with Crippen LogP contribution in [0.15, 0.2) is 46.4 Å². The lowest BCUT2D eigenvalue weighted by Crippen LogP contribution is -2.23. The van der Waals surface area contributed by atoms with E-state index in [2.05, 4.69) is 21.3 Å². The van der Waals surface area contributed by atoms with Crippen molar-refractivity contribution in [1.29, 1.82) is 0 Å². The van der Waals surface area contributed by atoms with Crippen molar-refractivity contribution in [2.45, 2.75) is 70.9 Å². The molecule has 6 rings (SSSR count). The predicted molar refractivity (Wildman–Crippen MR) is 150 cm³/mol. The smallest absolute Gasteiger partial charge is 0.138 e. The summed E-state index contributed by atoms with van der Waals surface area (Å²) in [5, 5.41) is 3.66. The minimum Gasteiger partial charge on any atom is -0.314 e. The van der Waals surface area contributed by atoms with Crippen LogP contribution >= 0.6 is 23.2 Å². The molecule has 2 aromatic carbocycles. The number of aryl methyl sites for hydroxylation is 2. The van der Waals surface area contributed by atoms with Gasteiger partial charge >= 0.3 is 0 Å². The first kappa shape index (κ1) is 24.6. The van der Waals surface area contributed by atoms with Crippen molar-refractivity contribution in [3.8, 4) is 0 Å². The fourth-order valence-electron chi connectivity index (χ4n) is 5.61. The molecule has 4 heterocycles. The molecule has 0 radical (unpaired) electrons. The number of hydrogen-bond donors (Lipinski definition) is 0. The first-order valence-corrected chi connectivity index (χ1v) is 14.3. The number of benzene rings is 2. The van der Waals surface area contributed by atoms with Crippen LogP contribution in [0, 0.1) is 0 Å². The normalized spacial score (nSPS) is 15.7. The van der Waals surface area contributed by atoms with Gasteiger partial charge in [0.15, 0.2) is 0 Å². The van der Waals surface area contributed by atoms with Gasteiger partial charge in [0.05, 0.1) is 11.0 Å².